The van der Waals surface area contributed by atoms with Crippen LogP contribution in [0.1, 0.15) is 5.56 Å². The van der Waals surface area contributed by atoms with Crippen LogP contribution in [0, 0.1) is 11.8 Å². The number of aliphatic imine (C=N–C) groups is 1. The summed E-state index contributed by atoms with van der Waals surface area (Å²) in [6.07, 6.45) is 3.30. The van der Waals surface area contributed by atoms with Crippen LogP contribution in [0.4, 0.5) is 10.1 Å². The van der Waals surface area contributed by atoms with Crippen molar-refractivity contribution in [3.05, 3.63) is 53.3 Å². The van der Waals surface area contributed by atoms with Crippen LogP contribution >= 0.6 is 0 Å². The zero-order valence-corrected chi connectivity index (χ0v) is 13.7. The molecule has 2 heterocycles. The molecule has 2 aliphatic rings. The smallest absolute Gasteiger partial charge is 0.132 e. The quantitative estimate of drug-likeness (QED) is 0.848. The highest BCUT2D eigenvalue weighted by Crippen LogP contribution is 2.16. The van der Waals surface area contributed by atoms with Crippen molar-refractivity contribution < 1.29 is 9.13 Å². The van der Waals surface area contributed by atoms with Gasteiger partial charge in [-0.2, -0.15) is 0 Å². The van der Waals surface area contributed by atoms with Crippen LogP contribution < -0.4 is 10.2 Å². The van der Waals surface area contributed by atoms with Crippen LogP contribution in [0.25, 0.3) is 0 Å². The van der Waals surface area contributed by atoms with E-state index in [1.165, 1.54) is 11.8 Å². The second-order valence-electron chi connectivity index (χ2n) is 5.47. The maximum atomic E-state index is 12.5. The Labute approximate surface area is 141 Å². The highest BCUT2D eigenvalue weighted by atomic mass is 19.1. The molecule has 24 heavy (non-hydrogen) atoms. The van der Waals surface area contributed by atoms with Gasteiger partial charge >= 0.3 is 0 Å². The number of alkyl halides is 1. The number of ether oxygens (including phenoxy) is 1. The van der Waals surface area contributed by atoms with Crippen LogP contribution in [-0.2, 0) is 4.74 Å². The van der Waals surface area contributed by atoms with Gasteiger partial charge in [-0.05, 0) is 42.3 Å². The molecule has 3 rings (SSSR count). The molecule has 1 N–H and O–H groups in total. The van der Waals surface area contributed by atoms with Gasteiger partial charge < -0.3 is 15.0 Å². The fourth-order valence-electron chi connectivity index (χ4n) is 2.67. The third-order valence-corrected chi connectivity index (χ3v) is 3.93. The Morgan fingerprint density at radius 3 is 2.67 bits per heavy atom. The predicted molar refractivity (Wildman–Crippen MR) is 95.0 cm³/mol. The maximum Gasteiger partial charge on any atom is 0.132 e. The van der Waals surface area contributed by atoms with Crippen LogP contribution in [0.15, 0.2) is 52.7 Å². The van der Waals surface area contributed by atoms with Crippen molar-refractivity contribution in [1.82, 2.24) is 5.32 Å². The Morgan fingerprint density at radius 1 is 1.25 bits per heavy atom. The number of nitrogens with zero attached hydrogens (tertiary/aromatic N) is 2. The number of hydrogen-bond acceptors (Lipinski definition) is 3. The zero-order chi connectivity index (χ0) is 16.8. The van der Waals surface area contributed by atoms with E-state index in [1.807, 2.05) is 18.2 Å². The molecule has 1 aromatic rings. The molecule has 0 saturated carbocycles. The highest BCUT2D eigenvalue weighted by Gasteiger charge is 2.13. The van der Waals surface area contributed by atoms with Crippen molar-refractivity contribution in [3.63, 3.8) is 0 Å². The van der Waals surface area contributed by atoms with Crippen molar-refractivity contribution >= 4 is 11.5 Å². The van der Waals surface area contributed by atoms with E-state index in [4.69, 9.17) is 4.74 Å². The van der Waals surface area contributed by atoms with E-state index in [0.717, 1.165) is 43.1 Å². The summed E-state index contributed by atoms with van der Waals surface area (Å²) in [4.78, 5) is 6.40. The second kappa shape index (κ2) is 7.80. The molecule has 0 aliphatic carbocycles. The Balaban J connectivity index is 1.70. The van der Waals surface area contributed by atoms with Gasteiger partial charge in [-0.1, -0.05) is 5.92 Å². The first-order chi connectivity index (χ1) is 11.8. The first kappa shape index (κ1) is 16.3. The normalized spacial score (nSPS) is 20.6. The lowest BCUT2D eigenvalue weighted by Gasteiger charge is -2.28. The first-order valence-corrected chi connectivity index (χ1v) is 7.97. The minimum absolute atomic E-state index is 0.518. The predicted octanol–water partition coefficient (Wildman–Crippen LogP) is 2.29. The van der Waals surface area contributed by atoms with E-state index < -0.39 is 6.67 Å². The van der Waals surface area contributed by atoms with Gasteiger partial charge in [-0.15, -0.1) is 0 Å². The van der Waals surface area contributed by atoms with Crippen LogP contribution in [-0.4, -0.2) is 45.9 Å². The van der Waals surface area contributed by atoms with Gasteiger partial charge in [0, 0.05) is 37.0 Å². The molecule has 0 bridgehead atoms. The van der Waals surface area contributed by atoms with Crippen LogP contribution in [0.5, 0.6) is 0 Å². The van der Waals surface area contributed by atoms with E-state index >= 15 is 0 Å². The summed E-state index contributed by atoms with van der Waals surface area (Å²) >= 11 is 0. The fourth-order valence-corrected chi connectivity index (χ4v) is 2.67. The molecule has 0 unspecified atom stereocenters. The number of rotatable bonds is 2. The molecule has 1 aromatic carbocycles. The number of anilines is 1. The van der Waals surface area contributed by atoms with Crippen molar-refractivity contribution in [1.29, 1.82) is 0 Å². The summed E-state index contributed by atoms with van der Waals surface area (Å²) in [5.41, 5.74) is 3.60. The lowest BCUT2D eigenvalue weighted by atomic mass is 10.2. The summed E-state index contributed by atoms with van der Waals surface area (Å²) in [6, 6.07) is 8.19. The Kier molecular flexibility index (Phi) is 5.29. The first-order valence-electron chi connectivity index (χ1n) is 7.97. The topological polar surface area (TPSA) is 36.9 Å². The molecule has 0 aromatic heterocycles. The third-order valence-electron chi connectivity index (χ3n) is 3.93. The number of hydrogen-bond donors (Lipinski definition) is 1. The van der Waals surface area contributed by atoms with Crippen molar-refractivity contribution in [2.24, 2.45) is 4.99 Å². The molecule has 0 spiro atoms. The Hall–Kier alpha value is -2.58. The van der Waals surface area contributed by atoms with Crippen LogP contribution in [0.3, 0.4) is 0 Å². The van der Waals surface area contributed by atoms with E-state index in [0.29, 0.717) is 5.84 Å². The van der Waals surface area contributed by atoms with Crippen molar-refractivity contribution in [3.8, 4) is 11.8 Å². The van der Waals surface area contributed by atoms with E-state index in [2.05, 4.69) is 39.2 Å². The van der Waals surface area contributed by atoms with Gasteiger partial charge in [0.25, 0.3) is 0 Å². The molecule has 2 aliphatic heterocycles. The highest BCUT2D eigenvalue weighted by molar-refractivity contribution is 6.05. The van der Waals surface area contributed by atoms with E-state index in [-0.39, 0.29) is 0 Å². The number of benzene rings is 1. The number of amidine groups is 1. The summed E-state index contributed by atoms with van der Waals surface area (Å²) in [6.45, 7) is 2.88. The van der Waals surface area contributed by atoms with Crippen molar-refractivity contribution in [2.75, 3.05) is 44.9 Å². The lowest BCUT2D eigenvalue weighted by Crippen LogP contribution is -2.36. The Morgan fingerprint density at radius 2 is 2.00 bits per heavy atom. The van der Waals surface area contributed by atoms with Gasteiger partial charge in [0.2, 0.25) is 0 Å². The minimum Gasteiger partial charge on any atom is -0.378 e. The summed E-state index contributed by atoms with van der Waals surface area (Å²) in [5.74, 6) is 6.85. The lowest BCUT2D eigenvalue weighted by molar-refractivity contribution is 0.122. The van der Waals surface area contributed by atoms with Crippen molar-refractivity contribution in [2.45, 2.75) is 0 Å². The molecular formula is C19H20FN3O. The molecule has 0 radical (unpaired) electrons. The third kappa shape index (κ3) is 3.84. The Bertz CT molecular complexity index is 732. The minimum atomic E-state index is -0.518. The van der Waals surface area contributed by atoms with Gasteiger partial charge in [0.15, 0.2) is 0 Å². The van der Waals surface area contributed by atoms with Gasteiger partial charge in [-0.3, -0.25) is 4.99 Å². The molecule has 0 atom stereocenters. The van der Waals surface area contributed by atoms with Crippen LogP contribution in [0.2, 0.25) is 0 Å². The molecule has 1 fully saturated rings. The average Bonchev–Trinajstić information content (AvgIpc) is 3.03. The standard InChI is InChI=1S/C19H20FN3O/c1-21-19-16(8-9-20)14-17(22-19)5-2-15-3-6-18(7-4-15)23-10-12-24-13-11-23/h3-4,6-8,14H,9-13H2,1H3,(H,21,22)/b16-8-. The largest absolute Gasteiger partial charge is 0.378 e. The number of halogens is 1. The molecule has 4 nitrogen and oxygen atoms in total. The van der Waals surface area contributed by atoms with E-state index in [9.17, 15) is 4.39 Å². The van der Waals surface area contributed by atoms with Gasteiger partial charge in [-0.25, -0.2) is 4.39 Å². The summed E-state index contributed by atoms with van der Waals surface area (Å²) in [7, 11) is 1.67. The van der Waals surface area contributed by atoms with Gasteiger partial charge in [0.05, 0.1) is 18.9 Å². The van der Waals surface area contributed by atoms with Gasteiger partial charge in [0.1, 0.15) is 12.5 Å². The molecule has 5 heteroatoms. The SMILES string of the molecule is CN=C1NC(C#Cc2ccc(N3CCOCC3)cc2)=C/C1=C/CF. The molecule has 1 saturated heterocycles. The average molecular weight is 325 g/mol. The number of morpholine rings is 1. The van der Waals surface area contributed by atoms with E-state index in [1.54, 1.807) is 7.05 Å². The summed E-state index contributed by atoms with van der Waals surface area (Å²) in [5, 5.41) is 3.09. The number of nitrogens with one attached hydrogen (secondary N) is 1. The monoisotopic (exact) mass is 325 g/mol. The zero-order valence-electron chi connectivity index (χ0n) is 13.7. The molecular weight excluding hydrogens is 305 g/mol. The molecule has 0 amide bonds. The second-order valence-corrected chi connectivity index (χ2v) is 5.47. The maximum absolute atomic E-state index is 12.5. The number of allylic oxidation sites excluding steroid dienone is 2. The molecule has 124 valence electrons. The fraction of sp³-hybridized carbons (Fsp3) is 0.316. The summed E-state index contributed by atoms with van der Waals surface area (Å²) < 4.78 is 17.9.